The zero-order chi connectivity index (χ0) is 6.57. The Kier molecular flexibility index (Phi) is 2.45. The van der Waals surface area contributed by atoms with Gasteiger partial charge in [-0.2, -0.15) is 0 Å². The summed E-state index contributed by atoms with van der Waals surface area (Å²) in [6.07, 6.45) is -1.65. The maximum atomic E-state index is 9.68. The highest BCUT2D eigenvalue weighted by Crippen LogP contribution is 1.75. The van der Waals surface area contributed by atoms with Gasteiger partial charge in [0.2, 0.25) is 6.10 Å². The number of carboxylic acid groups (broad SMARTS) is 1. The van der Waals surface area contributed by atoms with Gasteiger partial charge in [-0.1, -0.05) is 0 Å². The molecule has 0 fully saturated rings. The number of hydrogen-bond acceptors (Lipinski definition) is 3. The van der Waals surface area contributed by atoms with Gasteiger partial charge in [-0.15, -0.1) is 0 Å². The summed E-state index contributed by atoms with van der Waals surface area (Å²) in [6, 6.07) is 1.77. The van der Waals surface area contributed by atoms with Gasteiger partial charge in [-0.25, -0.2) is 4.79 Å². The second kappa shape index (κ2) is 2.88. The average Bonchev–Trinajstić information content (AvgIpc) is 1.67. The molecule has 0 spiro atoms. The molecule has 0 aliphatic rings. The third kappa shape index (κ3) is 2.05. The molecule has 0 aromatic heterocycles. The molecule has 4 N–H and O–H groups in total. The van der Waals surface area contributed by atoms with Crippen molar-refractivity contribution in [3.63, 3.8) is 0 Å². The Morgan fingerprint density at radius 3 is 2.38 bits per heavy atom. The van der Waals surface area contributed by atoms with E-state index in [2.05, 4.69) is 5.73 Å². The molecular formula is C4H5NO3. The lowest BCUT2D eigenvalue weighted by Crippen LogP contribution is -2.16. The van der Waals surface area contributed by atoms with Crippen LogP contribution in [-0.4, -0.2) is 22.3 Å². The summed E-state index contributed by atoms with van der Waals surface area (Å²) in [7, 11) is 0. The third-order valence-corrected chi connectivity index (χ3v) is 0.454. The van der Waals surface area contributed by atoms with E-state index < -0.39 is 12.1 Å². The van der Waals surface area contributed by atoms with Crippen molar-refractivity contribution in [1.29, 1.82) is 0 Å². The lowest BCUT2D eigenvalue weighted by molar-refractivity contribution is -0.143. The number of nitrogens with two attached hydrogens (primary N) is 1. The Morgan fingerprint density at radius 1 is 1.75 bits per heavy atom. The number of aliphatic hydroxyl groups excluding tert-OH is 1. The second-order valence-electron chi connectivity index (χ2n) is 1.03. The smallest absolute Gasteiger partial charge is 0.345 e. The van der Waals surface area contributed by atoms with Crippen LogP contribution in [0, 0.1) is 12.0 Å². The van der Waals surface area contributed by atoms with Crippen molar-refractivity contribution in [2.75, 3.05) is 0 Å². The fourth-order valence-electron chi connectivity index (χ4n) is 0.141. The number of aliphatic hydroxyl groups is 1. The first-order valence-corrected chi connectivity index (χ1v) is 1.80. The largest absolute Gasteiger partial charge is 0.479 e. The van der Waals surface area contributed by atoms with E-state index in [1.54, 1.807) is 6.04 Å². The summed E-state index contributed by atoms with van der Waals surface area (Å²) in [4.78, 5) is 9.68. The molecule has 44 valence electrons. The number of rotatable bonds is 1. The summed E-state index contributed by atoms with van der Waals surface area (Å²) >= 11 is 0. The van der Waals surface area contributed by atoms with Gasteiger partial charge < -0.3 is 15.9 Å². The van der Waals surface area contributed by atoms with Crippen molar-refractivity contribution in [2.45, 2.75) is 6.10 Å². The SMILES string of the molecule is NC#CC(O)C(=O)O. The highest BCUT2D eigenvalue weighted by molar-refractivity contribution is 5.75. The van der Waals surface area contributed by atoms with Crippen molar-refractivity contribution in [1.82, 2.24) is 0 Å². The molecule has 1 unspecified atom stereocenters. The molecule has 0 saturated carbocycles. The number of carboxylic acids is 1. The first-order valence-electron chi connectivity index (χ1n) is 1.80. The van der Waals surface area contributed by atoms with E-state index in [-0.39, 0.29) is 0 Å². The second-order valence-corrected chi connectivity index (χ2v) is 1.03. The fraction of sp³-hybridized carbons (Fsp3) is 0.250. The van der Waals surface area contributed by atoms with E-state index in [1.165, 1.54) is 0 Å². The minimum absolute atomic E-state index is 1.39. The molecule has 0 heterocycles. The minimum atomic E-state index is -1.65. The van der Waals surface area contributed by atoms with E-state index in [9.17, 15) is 4.79 Å². The summed E-state index contributed by atoms with van der Waals surface area (Å²) in [5.41, 5.74) is 4.58. The van der Waals surface area contributed by atoms with Gasteiger partial charge in [-0.05, 0) is 5.92 Å². The van der Waals surface area contributed by atoms with Crippen LogP contribution in [-0.2, 0) is 4.79 Å². The standard InChI is InChI=1S/C4H5NO3/c5-2-1-3(6)4(7)8/h3,6H,5H2,(H,7,8). The molecular weight excluding hydrogens is 110 g/mol. The molecule has 0 aromatic carbocycles. The van der Waals surface area contributed by atoms with Crippen LogP contribution in [0.1, 0.15) is 0 Å². The summed E-state index contributed by atoms with van der Waals surface area (Å²) < 4.78 is 0. The van der Waals surface area contributed by atoms with Crippen LogP contribution in [0.3, 0.4) is 0 Å². The predicted molar refractivity (Wildman–Crippen MR) is 25.6 cm³/mol. The molecule has 0 radical (unpaired) electrons. The summed E-state index contributed by atoms with van der Waals surface area (Å²) in [5, 5.41) is 16.2. The van der Waals surface area contributed by atoms with E-state index in [1.807, 2.05) is 5.92 Å². The van der Waals surface area contributed by atoms with Crippen molar-refractivity contribution in [3.8, 4) is 12.0 Å². The van der Waals surface area contributed by atoms with Gasteiger partial charge in [0.1, 0.15) is 0 Å². The zero-order valence-electron chi connectivity index (χ0n) is 3.96. The quantitative estimate of drug-likeness (QED) is 0.282. The van der Waals surface area contributed by atoms with Crippen LogP contribution < -0.4 is 5.73 Å². The van der Waals surface area contributed by atoms with Crippen LogP contribution in [0.5, 0.6) is 0 Å². The fourth-order valence-corrected chi connectivity index (χ4v) is 0.141. The zero-order valence-corrected chi connectivity index (χ0v) is 3.96. The number of hydrogen-bond donors (Lipinski definition) is 3. The van der Waals surface area contributed by atoms with Crippen LogP contribution in [0.15, 0.2) is 0 Å². The van der Waals surface area contributed by atoms with Gasteiger partial charge in [0.05, 0.1) is 0 Å². The molecule has 4 nitrogen and oxygen atoms in total. The van der Waals surface area contributed by atoms with Crippen molar-refractivity contribution >= 4 is 5.97 Å². The Balaban J connectivity index is 3.77. The van der Waals surface area contributed by atoms with Crippen LogP contribution in [0.4, 0.5) is 0 Å². The molecule has 8 heavy (non-hydrogen) atoms. The molecule has 1 atom stereocenters. The molecule has 0 aliphatic carbocycles. The normalized spacial score (nSPS) is 11.1. The highest BCUT2D eigenvalue weighted by atomic mass is 16.4. The van der Waals surface area contributed by atoms with Gasteiger partial charge in [0, 0.05) is 6.04 Å². The topological polar surface area (TPSA) is 83.5 Å². The van der Waals surface area contributed by atoms with Crippen LogP contribution in [0.2, 0.25) is 0 Å². The number of aliphatic carboxylic acids is 1. The summed E-state index contributed by atoms with van der Waals surface area (Å²) in [6.45, 7) is 0. The Morgan fingerprint density at radius 2 is 2.25 bits per heavy atom. The average molecular weight is 115 g/mol. The maximum Gasteiger partial charge on any atom is 0.345 e. The Labute approximate surface area is 45.9 Å². The molecule has 0 bridgehead atoms. The van der Waals surface area contributed by atoms with Gasteiger partial charge in [0.25, 0.3) is 0 Å². The molecule has 0 amide bonds. The van der Waals surface area contributed by atoms with Crippen molar-refractivity contribution < 1.29 is 15.0 Å². The predicted octanol–water partition coefficient (Wildman–Crippen LogP) is -1.65. The lowest BCUT2D eigenvalue weighted by Gasteiger charge is -1.89. The van der Waals surface area contributed by atoms with E-state index in [0.717, 1.165) is 0 Å². The third-order valence-electron chi connectivity index (χ3n) is 0.454. The number of carbonyl (C=O) groups is 1. The lowest BCUT2D eigenvalue weighted by atomic mass is 10.4. The first-order chi connectivity index (χ1) is 3.68. The monoisotopic (exact) mass is 115 g/mol. The van der Waals surface area contributed by atoms with E-state index in [4.69, 9.17) is 10.2 Å². The summed E-state index contributed by atoms with van der Waals surface area (Å²) in [5.74, 6) is 0.443. The van der Waals surface area contributed by atoms with Gasteiger partial charge in [-0.3, -0.25) is 0 Å². The maximum absolute atomic E-state index is 9.68. The van der Waals surface area contributed by atoms with E-state index >= 15 is 0 Å². The molecule has 0 aromatic rings. The van der Waals surface area contributed by atoms with Gasteiger partial charge >= 0.3 is 5.97 Å². The van der Waals surface area contributed by atoms with Crippen molar-refractivity contribution in [2.24, 2.45) is 5.73 Å². The van der Waals surface area contributed by atoms with Crippen molar-refractivity contribution in [3.05, 3.63) is 0 Å². The molecule has 4 heteroatoms. The molecule has 0 rings (SSSR count). The molecule has 0 aliphatic heterocycles. The van der Waals surface area contributed by atoms with Crippen LogP contribution in [0.25, 0.3) is 0 Å². The minimum Gasteiger partial charge on any atom is -0.479 e. The Hall–Kier alpha value is -1.21. The van der Waals surface area contributed by atoms with Gasteiger partial charge in [0.15, 0.2) is 0 Å². The first kappa shape index (κ1) is 6.79. The molecule has 0 saturated heterocycles. The van der Waals surface area contributed by atoms with E-state index in [0.29, 0.717) is 0 Å². The Bertz CT molecular complexity index is 143. The highest BCUT2D eigenvalue weighted by Gasteiger charge is 2.06. The van der Waals surface area contributed by atoms with Crippen LogP contribution >= 0.6 is 0 Å².